The van der Waals surface area contributed by atoms with Gasteiger partial charge in [-0.3, -0.25) is 0 Å². The highest BCUT2D eigenvalue weighted by atomic mass is 14.8. The summed E-state index contributed by atoms with van der Waals surface area (Å²) in [5.74, 6) is 2.06. The van der Waals surface area contributed by atoms with Crippen molar-refractivity contribution in [2.75, 3.05) is 0 Å². The molecule has 0 N–H and O–H groups in total. The molecule has 0 atom stereocenters. The van der Waals surface area contributed by atoms with Crippen molar-refractivity contribution in [3.63, 3.8) is 0 Å². The molecule has 0 aromatic heterocycles. The Labute approximate surface area is 70.4 Å². The van der Waals surface area contributed by atoms with E-state index >= 15 is 0 Å². The first-order valence-electron chi connectivity index (χ1n) is 5.14. The zero-order chi connectivity index (χ0) is 8.28. The molecule has 3 aliphatic rings. The molecule has 0 nitrogen and oxygen atoms in total. The lowest BCUT2D eigenvalue weighted by Crippen LogP contribution is -2.75. The molecule has 0 heterocycles. The third-order valence-corrected chi connectivity index (χ3v) is 5.42. The van der Waals surface area contributed by atoms with Crippen molar-refractivity contribution in [2.45, 2.75) is 47.0 Å². The Morgan fingerprint density at radius 3 is 1.55 bits per heavy atom. The van der Waals surface area contributed by atoms with Crippen LogP contribution in [0.5, 0.6) is 0 Å². The molecule has 0 aliphatic heterocycles. The van der Waals surface area contributed by atoms with E-state index in [0.29, 0.717) is 0 Å². The lowest BCUT2D eigenvalue weighted by Gasteiger charge is -2.81. The van der Waals surface area contributed by atoms with Gasteiger partial charge >= 0.3 is 0 Å². The van der Waals surface area contributed by atoms with Crippen LogP contribution in [-0.2, 0) is 0 Å². The number of hydrogen-bond acceptors (Lipinski definition) is 0. The third-order valence-electron chi connectivity index (χ3n) is 5.42. The first-order valence-corrected chi connectivity index (χ1v) is 5.14. The Kier molecular flexibility index (Phi) is 1.28. The zero-order valence-corrected chi connectivity index (χ0v) is 8.28. The third kappa shape index (κ3) is 0.494. The second-order valence-corrected chi connectivity index (χ2v) is 4.79. The van der Waals surface area contributed by atoms with Crippen LogP contribution in [0.1, 0.15) is 47.0 Å². The molecule has 3 saturated carbocycles. The molecular formula is C11H20. The largest absolute Gasteiger partial charge is 0.0648 e. The predicted molar refractivity (Wildman–Crippen MR) is 48.4 cm³/mol. The van der Waals surface area contributed by atoms with Gasteiger partial charge in [0.15, 0.2) is 0 Å². The Morgan fingerprint density at radius 1 is 1.00 bits per heavy atom. The summed E-state index contributed by atoms with van der Waals surface area (Å²) >= 11 is 0. The van der Waals surface area contributed by atoms with Gasteiger partial charge in [-0.15, -0.1) is 0 Å². The van der Waals surface area contributed by atoms with Crippen molar-refractivity contribution in [3.05, 3.63) is 0 Å². The van der Waals surface area contributed by atoms with Gasteiger partial charge in [-0.1, -0.05) is 27.7 Å². The van der Waals surface area contributed by atoms with Crippen LogP contribution in [0.25, 0.3) is 0 Å². The SMILES string of the molecule is CCC12CC(CC)(C1C)C2C. The Bertz CT molecular complexity index is 152. The molecule has 0 unspecified atom stereocenters. The summed E-state index contributed by atoms with van der Waals surface area (Å²) < 4.78 is 0. The van der Waals surface area contributed by atoms with Crippen LogP contribution in [0.2, 0.25) is 0 Å². The maximum Gasteiger partial charge on any atom is -0.0232 e. The topological polar surface area (TPSA) is 0 Å². The molecular weight excluding hydrogens is 132 g/mol. The summed E-state index contributed by atoms with van der Waals surface area (Å²) in [5.41, 5.74) is 1.58. The van der Waals surface area contributed by atoms with Crippen LogP contribution in [0, 0.1) is 22.7 Å². The van der Waals surface area contributed by atoms with Gasteiger partial charge in [-0.05, 0) is 41.9 Å². The van der Waals surface area contributed by atoms with Gasteiger partial charge in [0.2, 0.25) is 0 Å². The fourth-order valence-corrected chi connectivity index (χ4v) is 4.24. The van der Waals surface area contributed by atoms with E-state index in [1.165, 1.54) is 19.3 Å². The van der Waals surface area contributed by atoms with E-state index < -0.39 is 0 Å². The van der Waals surface area contributed by atoms with Gasteiger partial charge in [0, 0.05) is 0 Å². The fourth-order valence-electron chi connectivity index (χ4n) is 4.24. The van der Waals surface area contributed by atoms with Gasteiger partial charge in [-0.2, -0.15) is 0 Å². The molecule has 2 bridgehead atoms. The van der Waals surface area contributed by atoms with E-state index in [-0.39, 0.29) is 0 Å². The second-order valence-electron chi connectivity index (χ2n) is 4.79. The summed E-state index contributed by atoms with van der Waals surface area (Å²) in [7, 11) is 0. The fraction of sp³-hybridized carbons (Fsp3) is 1.00. The van der Waals surface area contributed by atoms with E-state index in [2.05, 4.69) is 27.7 Å². The summed E-state index contributed by atoms with van der Waals surface area (Å²) in [4.78, 5) is 0. The zero-order valence-electron chi connectivity index (χ0n) is 8.28. The van der Waals surface area contributed by atoms with Gasteiger partial charge < -0.3 is 0 Å². The van der Waals surface area contributed by atoms with E-state index in [1.54, 1.807) is 0 Å². The quantitative estimate of drug-likeness (QED) is 0.568. The minimum absolute atomic E-state index is 0.788. The van der Waals surface area contributed by atoms with E-state index in [4.69, 9.17) is 0 Å². The average molecular weight is 152 g/mol. The average Bonchev–Trinajstić information content (AvgIpc) is 2.03. The molecule has 0 aromatic carbocycles. The van der Waals surface area contributed by atoms with Gasteiger partial charge in [0.25, 0.3) is 0 Å². The summed E-state index contributed by atoms with van der Waals surface area (Å²) in [6, 6.07) is 0. The molecule has 64 valence electrons. The van der Waals surface area contributed by atoms with E-state index in [0.717, 1.165) is 22.7 Å². The highest BCUT2D eigenvalue weighted by Crippen LogP contribution is 2.82. The van der Waals surface area contributed by atoms with Crippen LogP contribution in [0.3, 0.4) is 0 Å². The molecule has 0 saturated heterocycles. The molecule has 0 heteroatoms. The maximum absolute atomic E-state index is 2.47. The summed E-state index contributed by atoms with van der Waals surface area (Å²) in [6.07, 6.45) is 4.36. The minimum Gasteiger partial charge on any atom is -0.0648 e. The smallest absolute Gasteiger partial charge is 0.0232 e. The van der Waals surface area contributed by atoms with Crippen LogP contribution >= 0.6 is 0 Å². The maximum atomic E-state index is 2.47. The monoisotopic (exact) mass is 152 g/mol. The molecule has 0 amide bonds. The van der Waals surface area contributed by atoms with Crippen LogP contribution in [0.15, 0.2) is 0 Å². The minimum atomic E-state index is 0.788. The van der Waals surface area contributed by atoms with Crippen LogP contribution in [-0.4, -0.2) is 0 Å². The first-order chi connectivity index (χ1) is 5.14. The predicted octanol–water partition coefficient (Wildman–Crippen LogP) is 3.47. The van der Waals surface area contributed by atoms with Crippen molar-refractivity contribution in [2.24, 2.45) is 22.7 Å². The second kappa shape index (κ2) is 1.84. The highest BCUT2D eigenvalue weighted by molar-refractivity contribution is 5.24. The molecule has 0 radical (unpaired) electrons. The van der Waals surface area contributed by atoms with Crippen molar-refractivity contribution in [1.29, 1.82) is 0 Å². The Hall–Kier alpha value is 0. The Morgan fingerprint density at radius 2 is 1.36 bits per heavy atom. The van der Waals surface area contributed by atoms with Crippen molar-refractivity contribution >= 4 is 0 Å². The summed E-state index contributed by atoms with van der Waals surface area (Å²) in [6.45, 7) is 9.67. The van der Waals surface area contributed by atoms with Crippen LogP contribution < -0.4 is 0 Å². The van der Waals surface area contributed by atoms with E-state index in [9.17, 15) is 0 Å². The normalized spacial score (nSPS) is 60.0. The van der Waals surface area contributed by atoms with Crippen molar-refractivity contribution in [1.82, 2.24) is 0 Å². The van der Waals surface area contributed by atoms with Gasteiger partial charge in [-0.25, -0.2) is 0 Å². The van der Waals surface area contributed by atoms with Crippen LogP contribution in [0.4, 0.5) is 0 Å². The molecule has 3 rings (SSSR count). The molecule has 0 spiro atoms. The standard InChI is InChI=1S/C11H20/c1-5-10-7-11(6-2,8(10)3)9(10)4/h8-9H,5-7H2,1-4H3. The van der Waals surface area contributed by atoms with Crippen molar-refractivity contribution < 1.29 is 0 Å². The Balaban J connectivity index is 2.17. The number of rotatable bonds is 2. The number of hydrogen-bond donors (Lipinski definition) is 0. The summed E-state index contributed by atoms with van der Waals surface area (Å²) in [5, 5.41) is 0. The molecule has 3 fully saturated rings. The molecule has 0 aromatic rings. The van der Waals surface area contributed by atoms with E-state index in [1.807, 2.05) is 0 Å². The van der Waals surface area contributed by atoms with Crippen molar-refractivity contribution in [3.8, 4) is 0 Å². The first kappa shape index (κ1) is 7.64. The lowest BCUT2D eigenvalue weighted by atomic mass is 9.23. The molecule has 3 aliphatic carbocycles. The van der Waals surface area contributed by atoms with Gasteiger partial charge in [0.05, 0.1) is 0 Å². The highest BCUT2D eigenvalue weighted by Gasteiger charge is 2.75. The van der Waals surface area contributed by atoms with Gasteiger partial charge in [0.1, 0.15) is 0 Å². The lowest BCUT2D eigenvalue weighted by molar-refractivity contribution is -0.331. The molecule has 11 heavy (non-hydrogen) atoms.